The van der Waals surface area contributed by atoms with Crippen molar-refractivity contribution < 1.29 is 17.6 Å². The molecule has 5 nitrogen and oxygen atoms in total. The van der Waals surface area contributed by atoms with Gasteiger partial charge in [0.2, 0.25) is 10.0 Å². The molecule has 0 unspecified atom stereocenters. The predicted octanol–water partition coefficient (Wildman–Crippen LogP) is 4.41. The van der Waals surface area contributed by atoms with Crippen molar-refractivity contribution in [3.63, 3.8) is 0 Å². The summed E-state index contributed by atoms with van der Waals surface area (Å²) < 4.78 is 40.6. The molecule has 1 amide bonds. The molecule has 144 valence electrons. The molecule has 1 saturated heterocycles. The highest BCUT2D eigenvalue weighted by Crippen LogP contribution is 2.23. The zero-order chi connectivity index (χ0) is 19.4. The lowest BCUT2D eigenvalue weighted by atomic mass is 10.2. The average molecular weight is 455 g/mol. The molecule has 0 saturated carbocycles. The van der Waals surface area contributed by atoms with Gasteiger partial charge in [0.1, 0.15) is 5.82 Å². The molecule has 1 aliphatic rings. The Morgan fingerprint density at radius 3 is 2.22 bits per heavy atom. The maximum absolute atomic E-state index is 13.2. The highest BCUT2D eigenvalue weighted by Gasteiger charge is 2.25. The van der Waals surface area contributed by atoms with Gasteiger partial charge in [-0.05, 0) is 71.2 Å². The van der Waals surface area contributed by atoms with Crippen molar-refractivity contribution in [1.29, 1.82) is 0 Å². The largest absolute Gasteiger partial charge is 0.322 e. The summed E-state index contributed by atoms with van der Waals surface area (Å²) in [6.45, 7) is 1.08. The summed E-state index contributed by atoms with van der Waals surface area (Å²) in [5.41, 5.74) is 0.753. The number of anilines is 1. The van der Waals surface area contributed by atoms with Crippen molar-refractivity contribution in [3.8, 4) is 0 Å². The van der Waals surface area contributed by atoms with Crippen LogP contribution in [0.15, 0.2) is 51.8 Å². The Morgan fingerprint density at radius 2 is 1.63 bits per heavy atom. The molecule has 27 heavy (non-hydrogen) atoms. The van der Waals surface area contributed by atoms with Gasteiger partial charge in [-0.2, -0.15) is 4.31 Å². The van der Waals surface area contributed by atoms with E-state index in [2.05, 4.69) is 21.2 Å². The van der Waals surface area contributed by atoms with Crippen LogP contribution < -0.4 is 5.32 Å². The van der Waals surface area contributed by atoms with Gasteiger partial charge in [-0.1, -0.05) is 12.8 Å². The quantitative estimate of drug-likeness (QED) is 0.743. The summed E-state index contributed by atoms with van der Waals surface area (Å²) >= 11 is 3.16. The second-order valence-corrected chi connectivity index (χ2v) is 9.21. The van der Waals surface area contributed by atoms with E-state index in [1.54, 1.807) is 12.1 Å². The second-order valence-electron chi connectivity index (χ2n) is 6.42. The summed E-state index contributed by atoms with van der Waals surface area (Å²) in [5.74, 6) is -0.855. The summed E-state index contributed by atoms with van der Waals surface area (Å²) in [5, 5.41) is 2.69. The van der Waals surface area contributed by atoms with Crippen molar-refractivity contribution in [3.05, 3.63) is 58.3 Å². The van der Waals surface area contributed by atoms with Crippen molar-refractivity contribution in [2.24, 2.45) is 0 Å². The normalized spacial score (nSPS) is 15.9. The first kappa shape index (κ1) is 20.0. The van der Waals surface area contributed by atoms with E-state index in [9.17, 15) is 17.6 Å². The maximum Gasteiger partial charge on any atom is 0.256 e. The highest BCUT2D eigenvalue weighted by atomic mass is 79.9. The Hall–Kier alpha value is -1.77. The number of sulfonamides is 1. The van der Waals surface area contributed by atoms with E-state index < -0.39 is 21.7 Å². The molecule has 1 aliphatic heterocycles. The number of carbonyl (C=O) groups is 1. The average Bonchev–Trinajstić information content (AvgIpc) is 2.92. The van der Waals surface area contributed by atoms with E-state index >= 15 is 0 Å². The van der Waals surface area contributed by atoms with Crippen molar-refractivity contribution in [2.75, 3.05) is 18.4 Å². The van der Waals surface area contributed by atoms with Crippen LogP contribution in [0.1, 0.15) is 36.0 Å². The number of benzene rings is 2. The number of halogens is 2. The molecule has 8 heteroatoms. The van der Waals surface area contributed by atoms with E-state index in [1.165, 1.54) is 34.6 Å². The van der Waals surface area contributed by atoms with Gasteiger partial charge in [0.15, 0.2) is 0 Å². The van der Waals surface area contributed by atoms with E-state index in [-0.39, 0.29) is 10.5 Å². The molecule has 0 aliphatic carbocycles. The zero-order valence-corrected chi connectivity index (χ0v) is 17.0. The summed E-state index contributed by atoms with van der Waals surface area (Å²) in [6.07, 6.45) is 3.85. The van der Waals surface area contributed by atoms with Crippen molar-refractivity contribution in [1.82, 2.24) is 4.31 Å². The fourth-order valence-corrected chi connectivity index (χ4v) is 5.06. The van der Waals surface area contributed by atoms with Gasteiger partial charge < -0.3 is 5.32 Å². The van der Waals surface area contributed by atoms with Crippen LogP contribution >= 0.6 is 15.9 Å². The Kier molecular flexibility index (Phi) is 6.29. The molecule has 2 aromatic rings. The zero-order valence-electron chi connectivity index (χ0n) is 14.6. The number of amides is 1. The molecule has 0 radical (unpaired) electrons. The number of carbonyl (C=O) groups excluding carboxylic acids is 1. The first-order chi connectivity index (χ1) is 12.9. The van der Waals surface area contributed by atoms with Crippen molar-refractivity contribution >= 4 is 37.5 Å². The van der Waals surface area contributed by atoms with E-state index in [0.29, 0.717) is 23.2 Å². The van der Waals surface area contributed by atoms with Gasteiger partial charge in [0.05, 0.1) is 10.5 Å². The first-order valence-electron chi connectivity index (χ1n) is 8.74. The smallest absolute Gasteiger partial charge is 0.256 e. The molecule has 0 spiro atoms. The third-order valence-electron chi connectivity index (χ3n) is 4.49. The molecule has 0 aromatic heterocycles. The van der Waals surface area contributed by atoms with Crippen LogP contribution in [-0.2, 0) is 10.0 Å². The van der Waals surface area contributed by atoms with E-state index in [0.717, 1.165) is 25.7 Å². The van der Waals surface area contributed by atoms with Crippen LogP contribution in [0.5, 0.6) is 0 Å². The van der Waals surface area contributed by atoms with Gasteiger partial charge in [-0.3, -0.25) is 4.79 Å². The minimum atomic E-state index is -3.52. The lowest BCUT2D eigenvalue weighted by molar-refractivity contribution is 0.102. The fourth-order valence-electron chi connectivity index (χ4n) is 3.01. The topological polar surface area (TPSA) is 66.5 Å². The fraction of sp³-hybridized carbons (Fsp3) is 0.316. The summed E-state index contributed by atoms with van der Waals surface area (Å²) in [4.78, 5) is 12.5. The summed E-state index contributed by atoms with van der Waals surface area (Å²) in [7, 11) is -3.52. The maximum atomic E-state index is 13.2. The number of nitrogens with one attached hydrogen (secondary N) is 1. The van der Waals surface area contributed by atoms with Gasteiger partial charge in [0.25, 0.3) is 5.91 Å². The number of hydrogen-bond donors (Lipinski definition) is 1. The molecule has 1 fully saturated rings. The molecule has 0 bridgehead atoms. The predicted molar refractivity (Wildman–Crippen MR) is 106 cm³/mol. The van der Waals surface area contributed by atoms with Gasteiger partial charge in [-0.25, -0.2) is 12.8 Å². The van der Waals surface area contributed by atoms with Gasteiger partial charge in [0, 0.05) is 23.2 Å². The first-order valence-corrected chi connectivity index (χ1v) is 11.0. The summed E-state index contributed by atoms with van der Waals surface area (Å²) in [6, 6.07) is 9.90. The minimum absolute atomic E-state index is 0.213. The Bertz CT molecular complexity index is 924. The standard InChI is InChI=1S/C19H20BrFN2O3S/c20-18-13-14(21)5-10-17(18)19(24)22-15-6-8-16(9-7-15)27(25,26)23-11-3-1-2-4-12-23/h5-10,13H,1-4,11-12H2,(H,22,24). The molecule has 3 rings (SSSR count). The lowest BCUT2D eigenvalue weighted by Gasteiger charge is -2.20. The van der Waals surface area contributed by atoms with Crippen molar-refractivity contribution in [2.45, 2.75) is 30.6 Å². The van der Waals surface area contributed by atoms with Gasteiger partial charge >= 0.3 is 0 Å². The van der Waals surface area contributed by atoms with Crippen LogP contribution in [0.4, 0.5) is 10.1 Å². The Balaban J connectivity index is 1.74. The molecule has 0 atom stereocenters. The van der Waals surface area contributed by atoms with Crippen LogP contribution in [0, 0.1) is 5.82 Å². The number of nitrogens with zero attached hydrogens (tertiary/aromatic N) is 1. The third-order valence-corrected chi connectivity index (χ3v) is 7.06. The lowest BCUT2D eigenvalue weighted by Crippen LogP contribution is -2.31. The monoisotopic (exact) mass is 454 g/mol. The Labute approximate surface area is 166 Å². The second kappa shape index (κ2) is 8.50. The SMILES string of the molecule is O=C(Nc1ccc(S(=O)(=O)N2CCCCCC2)cc1)c1ccc(F)cc1Br. The van der Waals surface area contributed by atoms with E-state index in [1.807, 2.05) is 0 Å². The highest BCUT2D eigenvalue weighted by molar-refractivity contribution is 9.10. The Morgan fingerprint density at radius 1 is 1.00 bits per heavy atom. The molecule has 1 N–H and O–H groups in total. The molecule has 2 aromatic carbocycles. The van der Waals surface area contributed by atoms with Crippen LogP contribution in [0.2, 0.25) is 0 Å². The number of hydrogen-bond acceptors (Lipinski definition) is 3. The van der Waals surface area contributed by atoms with Crippen LogP contribution in [0.3, 0.4) is 0 Å². The van der Waals surface area contributed by atoms with E-state index in [4.69, 9.17) is 0 Å². The van der Waals surface area contributed by atoms with Crippen LogP contribution in [-0.4, -0.2) is 31.7 Å². The van der Waals surface area contributed by atoms with Gasteiger partial charge in [-0.15, -0.1) is 0 Å². The minimum Gasteiger partial charge on any atom is -0.322 e. The molecule has 1 heterocycles. The molecular formula is C19H20BrFN2O3S. The third kappa shape index (κ3) is 4.75. The number of rotatable bonds is 4. The molecular weight excluding hydrogens is 435 g/mol. The van der Waals surface area contributed by atoms with Crippen LogP contribution in [0.25, 0.3) is 0 Å².